The van der Waals surface area contributed by atoms with Crippen molar-refractivity contribution >= 4 is 56.2 Å². The third-order valence-corrected chi connectivity index (χ3v) is 6.28. The maximum Gasteiger partial charge on any atom is 0.516 e. The van der Waals surface area contributed by atoms with E-state index in [-0.39, 0.29) is 28.6 Å². The second-order valence-corrected chi connectivity index (χ2v) is 9.49. The number of benzene rings is 3. The Bertz CT molecular complexity index is 1280. The van der Waals surface area contributed by atoms with E-state index in [1.54, 1.807) is 53.3 Å². The van der Waals surface area contributed by atoms with Gasteiger partial charge in [0.05, 0.1) is 15.7 Å². The lowest BCUT2D eigenvalue weighted by atomic mass is 10.0. The zero-order valence-electron chi connectivity index (χ0n) is 16.4. The first-order chi connectivity index (χ1) is 15.5. The van der Waals surface area contributed by atoms with E-state index in [1.165, 1.54) is 12.1 Å². The summed E-state index contributed by atoms with van der Waals surface area (Å²) in [6, 6.07) is 16.8. The number of oxime groups is 1. The molecular weight excluding hydrogens is 524 g/mol. The van der Waals surface area contributed by atoms with Crippen molar-refractivity contribution in [2.24, 2.45) is 5.16 Å². The molecule has 5 nitrogen and oxygen atoms in total. The summed E-state index contributed by atoms with van der Waals surface area (Å²) in [6.07, 6.45) is 0. The van der Waals surface area contributed by atoms with E-state index in [0.717, 1.165) is 6.07 Å². The van der Waals surface area contributed by atoms with Crippen LogP contribution in [-0.4, -0.2) is 19.6 Å². The SMILES string of the molecule is O=S(=O)(Nc1ccc(Cl)cc1C(=NOCc1ccc(Cl)c(Cl)c1)c1ccccc1)C(F)(F)F. The van der Waals surface area contributed by atoms with Crippen molar-refractivity contribution in [3.63, 3.8) is 0 Å². The summed E-state index contributed by atoms with van der Waals surface area (Å²) in [4.78, 5) is 5.42. The van der Waals surface area contributed by atoms with Crippen LogP contribution in [0.3, 0.4) is 0 Å². The van der Waals surface area contributed by atoms with E-state index in [0.29, 0.717) is 21.2 Å². The van der Waals surface area contributed by atoms with E-state index >= 15 is 0 Å². The Labute approximate surface area is 202 Å². The van der Waals surface area contributed by atoms with Crippen LogP contribution in [0.1, 0.15) is 16.7 Å². The largest absolute Gasteiger partial charge is 0.516 e. The fraction of sp³-hybridized carbons (Fsp3) is 0.0952. The fourth-order valence-corrected chi connectivity index (χ4v) is 3.73. The van der Waals surface area contributed by atoms with Crippen molar-refractivity contribution in [3.05, 3.63) is 98.5 Å². The summed E-state index contributed by atoms with van der Waals surface area (Å²) in [6.45, 7) is -0.0442. The molecule has 0 heterocycles. The topological polar surface area (TPSA) is 67.8 Å². The van der Waals surface area contributed by atoms with Gasteiger partial charge >= 0.3 is 15.5 Å². The van der Waals surface area contributed by atoms with Gasteiger partial charge in [0.1, 0.15) is 12.3 Å². The number of nitrogens with zero attached hydrogens (tertiary/aromatic N) is 1. The van der Waals surface area contributed by atoms with Crippen LogP contribution in [0.15, 0.2) is 71.9 Å². The fourth-order valence-electron chi connectivity index (χ4n) is 2.66. The number of alkyl halides is 3. The number of hydrogen-bond donors (Lipinski definition) is 1. The normalized spacial score (nSPS) is 12.5. The summed E-state index contributed by atoms with van der Waals surface area (Å²) in [5.41, 5.74) is -4.78. The summed E-state index contributed by atoms with van der Waals surface area (Å²) < 4.78 is 63.8. The number of hydrogen-bond acceptors (Lipinski definition) is 4. The molecule has 0 saturated heterocycles. The average Bonchev–Trinajstić information content (AvgIpc) is 2.75. The molecule has 3 aromatic carbocycles. The first-order valence-corrected chi connectivity index (χ1v) is 11.7. The highest BCUT2D eigenvalue weighted by atomic mass is 35.5. The monoisotopic (exact) mass is 536 g/mol. The lowest BCUT2D eigenvalue weighted by Gasteiger charge is -2.16. The Morgan fingerprint density at radius 1 is 0.939 bits per heavy atom. The van der Waals surface area contributed by atoms with Crippen LogP contribution >= 0.6 is 34.8 Å². The van der Waals surface area contributed by atoms with Gasteiger partial charge in [0.2, 0.25) is 0 Å². The van der Waals surface area contributed by atoms with E-state index in [2.05, 4.69) is 5.16 Å². The Kier molecular flexibility index (Phi) is 7.79. The van der Waals surface area contributed by atoms with Gasteiger partial charge in [-0.15, -0.1) is 0 Å². The maximum absolute atomic E-state index is 13.0. The third kappa shape index (κ3) is 6.32. The van der Waals surface area contributed by atoms with E-state index in [9.17, 15) is 21.6 Å². The maximum atomic E-state index is 13.0. The zero-order chi connectivity index (χ0) is 24.2. The lowest BCUT2D eigenvalue weighted by molar-refractivity contribution is -0.0429. The number of rotatable bonds is 7. The second-order valence-electron chi connectivity index (χ2n) is 6.57. The third-order valence-electron chi connectivity index (χ3n) is 4.20. The van der Waals surface area contributed by atoms with Crippen LogP contribution in [0.4, 0.5) is 18.9 Å². The van der Waals surface area contributed by atoms with Gasteiger partial charge in [-0.3, -0.25) is 4.72 Å². The first-order valence-electron chi connectivity index (χ1n) is 9.06. The molecular formula is C21H14Cl3F3N2O3S. The molecule has 0 aliphatic carbocycles. The molecule has 0 fully saturated rings. The molecule has 33 heavy (non-hydrogen) atoms. The van der Waals surface area contributed by atoms with Gasteiger partial charge in [-0.25, -0.2) is 0 Å². The summed E-state index contributed by atoms with van der Waals surface area (Å²) in [5.74, 6) is 0. The molecule has 0 amide bonds. The highest BCUT2D eigenvalue weighted by Crippen LogP contribution is 2.30. The molecule has 0 aliphatic heterocycles. The number of halogens is 6. The molecule has 3 aromatic rings. The highest BCUT2D eigenvalue weighted by molar-refractivity contribution is 7.93. The van der Waals surface area contributed by atoms with Gasteiger partial charge in [-0.05, 0) is 35.9 Å². The van der Waals surface area contributed by atoms with Crippen LogP contribution < -0.4 is 4.72 Å². The van der Waals surface area contributed by atoms with Crippen molar-refractivity contribution < 1.29 is 26.4 Å². The van der Waals surface area contributed by atoms with Crippen molar-refractivity contribution in [2.45, 2.75) is 12.1 Å². The van der Waals surface area contributed by atoms with E-state index in [4.69, 9.17) is 39.6 Å². The van der Waals surface area contributed by atoms with Gasteiger partial charge in [-0.2, -0.15) is 21.6 Å². The van der Waals surface area contributed by atoms with Crippen LogP contribution in [-0.2, 0) is 21.5 Å². The summed E-state index contributed by atoms with van der Waals surface area (Å²) in [5, 5.41) is 4.88. The predicted molar refractivity (Wildman–Crippen MR) is 123 cm³/mol. The average molecular weight is 538 g/mol. The van der Waals surface area contributed by atoms with Crippen LogP contribution in [0, 0.1) is 0 Å². The number of anilines is 1. The zero-order valence-corrected chi connectivity index (χ0v) is 19.5. The molecule has 0 bridgehead atoms. The van der Waals surface area contributed by atoms with Gasteiger partial charge in [0.25, 0.3) is 0 Å². The molecule has 174 valence electrons. The van der Waals surface area contributed by atoms with Crippen molar-refractivity contribution in [3.8, 4) is 0 Å². The first kappa shape index (κ1) is 25.2. The molecule has 0 radical (unpaired) electrons. The van der Waals surface area contributed by atoms with E-state index < -0.39 is 15.5 Å². The summed E-state index contributed by atoms with van der Waals surface area (Å²) in [7, 11) is -5.69. The molecule has 12 heteroatoms. The Morgan fingerprint density at radius 3 is 2.27 bits per heavy atom. The molecule has 3 rings (SSSR count). The van der Waals surface area contributed by atoms with Gasteiger partial charge in [0, 0.05) is 16.1 Å². The quantitative estimate of drug-likeness (QED) is 0.264. The number of sulfonamides is 1. The molecule has 1 N–H and O–H groups in total. The van der Waals surface area contributed by atoms with Crippen LogP contribution in [0.2, 0.25) is 15.1 Å². The summed E-state index contributed by atoms with van der Waals surface area (Å²) >= 11 is 17.9. The minimum atomic E-state index is -5.69. The molecule has 0 aliphatic rings. The molecule has 0 saturated carbocycles. The second kappa shape index (κ2) is 10.2. The Balaban J connectivity index is 2.03. The van der Waals surface area contributed by atoms with Crippen molar-refractivity contribution in [1.29, 1.82) is 0 Å². The minimum absolute atomic E-state index is 0.0179. The lowest BCUT2D eigenvalue weighted by Crippen LogP contribution is -2.30. The Morgan fingerprint density at radius 2 is 1.64 bits per heavy atom. The van der Waals surface area contributed by atoms with Crippen molar-refractivity contribution in [1.82, 2.24) is 0 Å². The highest BCUT2D eigenvalue weighted by Gasteiger charge is 2.46. The smallest absolute Gasteiger partial charge is 0.390 e. The standard InChI is InChI=1S/C21H14Cl3F3N2O3S/c22-15-7-9-19(29-33(30,31)21(25,26)27)16(11-15)20(14-4-2-1-3-5-14)28-32-12-13-6-8-17(23)18(24)10-13/h1-11,29H,12H2. The van der Waals surface area contributed by atoms with Crippen LogP contribution in [0.25, 0.3) is 0 Å². The molecule has 0 spiro atoms. The molecule has 0 unspecified atom stereocenters. The van der Waals surface area contributed by atoms with Gasteiger partial charge in [0.15, 0.2) is 0 Å². The van der Waals surface area contributed by atoms with Gasteiger partial charge < -0.3 is 4.84 Å². The van der Waals surface area contributed by atoms with Gasteiger partial charge in [-0.1, -0.05) is 76.4 Å². The minimum Gasteiger partial charge on any atom is -0.390 e. The van der Waals surface area contributed by atoms with Crippen LogP contribution in [0.5, 0.6) is 0 Å². The predicted octanol–water partition coefficient (Wildman–Crippen LogP) is 6.88. The number of nitrogens with one attached hydrogen (secondary N) is 1. The van der Waals surface area contributed by atoms with E-state index in [1.807, 2.05) is 0 Å². The Hall–Kier alpha value is -2.46. The molecule has 0 atom stereocenters. The molecule has 0 aromatic heterocycles. The van der Waals surface area contributed by atoms with Crippen molar-refractivity contribution in [2.75, 3.05) is 4.72 Å².